The Morgan fingerprint density at radius 2 is 1.78 bits per heavy atom. The first-order valence-electron chi connectivity index (χ1n) is 11.7. The minimum absolute atomic E-state index is 0.138. The molecule has 1 atom stereocenters. The summed E-state index contributed by atoms with van der Waals surface area (Å²) < 4.78 is 17.1. The number of fused-ring (bicyclic) bond motifs is 6. The molecule has 7 rings (SSSR count). The number of rotatable bonds is 3. The summed E-state index contributed by atoms with van der Waals surface area (Å²) in [6.45, 7) is 2.01. The number of amides is 2. The van der Waals surface area contributed by atoms with E-state index < -0.39 is 17.6 Å². The molecule has 0 aliphatic carbocycles. The lowest BCUT2D eigenvalue weighted by molar-refractivity contribution is 0.0993. The predicted octanol–water partition coefficient (Wildman–Crippen LogP) is 2.39. The molecule has 0 bridgehead atoms. The fourth-order valence-electron chi connectivity index (χ4n) is 5.14. The number of nitrogens with two attached hydrogens (primary N) is 2. The molecule has 6 aromatic rings. The highest BCUT2D eigenvalue weighted by Crippen LogP contribution is 2.31. The Hall–Kier alpha value is -4.71. The van der Waals surface area contributed by atoms with Crippen molar-refractivity contribution in [2.45, 2.75) is 12.3 Å². The first kappa shape index (κ1) is 22.7. The van der Waals surface area contributed by atoms with Crippen molar-refractivity contribution in [1.82, 2.24) is 34.1 Å². The van der Waals surface area contributed by atoms with Crippen LogP contribution in [0.2, 0.25) is 0 Å². The van der Waals surface area contributed by atoms with E-state index in [-0.39, 0.29) is 5.56 Å². The number of aromatic nitrogens is 6. The maximum Gasteiger partial charge on any atom is 0.251 e. The molecule has 12 heteroatoms. The number of hydrogen-bond donors (Lipinski definition) is 4. The maximum atomic E-state index is 13.7. The Labute approximate surface area is 208 Å². The van der Waals surface area contributed by atoms with Crippen LogP contribution in [0.5, 0.6) is 0 Å². The fourth-order valence-corrected chi connectivity index (χ4v) is 5.14. The molecule has 37 heavy (non-hydrogen) atoms. The van der Waals surface area contributed by atoms with Gasteiger partial charge in [0.05, 0.1) is 22.2 Å². The highest BCUT2D eigenvalue weighted by atomic mass is 19.1. The molecule has 0 saturated carbocycles. The van der Waals surface area contributed by atoms with Crippen molar-refractivity contribution in [3.05, 3.63) is 71.3 Å². The Morgan fingerprint density at radius 1 is 1.00 bits per heavy atom. The summed E-state index contributed by atoms with van der Waals surface area (Å²) in [7, 11) is 2.09. The van der Waals surface area contributed by atoms with Gasteiger partial charge in [0.15, 0.2) is 11.3 Å². The quantitative estimate of drug-likeness (QED) is 0.293. The summed E-state index contributed by atoms with van der Waals surface area (Å²) in [6, 6.07) is 9.64. The van der Waals surface area contributed by atoms with Crippen molar-refractivity contribution in [2.75, 3.05) is 20.1 Å². The molecule has 1 aliphatic heterocycles. The van der Waals surface area contributed by atoms with Crippen LogP contribution in [0, 0.1) is 5.82 Å². The largest absolute Gasteiger partial charge is 0.366 e. The van der Waals surface area contributed by atoms with Crippen LogP contribution in [0.15, 0.2) is 48.8 Å². The van der Waals surface area contributed by atoms with Crippen LogP contribution in [0.3, 0.4) is 0 Å². The topological polar surface area (TPSA) is 156 Å². The molecule has 1 unspecified atom stereocenters. The van der Waals surface area contributed by atoms with E-state index >= 15 is 0 Å². The maximum absolute atomic E-state index is 13.7. The number of likely N-dealkylation sites (tertiary alicyclic amines) is 1. The van der Waals surface area contributed by atoms with Gasteiger partial charge in [-0.3, -0.25) is 19.8 Å². The van der Waals surface area contributed by atoms with Gasteiger partial charge in [-0.15, -0.1) is 0 Å². The lowest BCUT2D eigenvalue weighted by atomic mass is 10.0. The smallest absolute Gasteiger partial charge is 0.251 e. The van der Waals surface area contributed by atoms with Gasteiger partial charge >= 0.3 is 0 Å². The van der Waals surface area contributed by atoms with Gasteiger partial charge in [-0.2, -0.15) is 0 Å². The summed E-state index contributed by atoms with van der Waals surface area (Å²) in [5.74, 6) is -1.23. The van der Waals surface area contributed by atoms with Crippen molar-refractivity contribution >= 4 is 45.2 Å². The summed E-state index contributed by atoms with van der Waals surface area (Å²) in [5, 5.41) is 6.11. The van der Waals surface area contributed by atoms with E-state index in [1.807, 2.05) is 18.3 Å². The van der Waals surface area contributed by atoms with Crippen molar-refractivity contribution in [3.63, 3.8) is 0 Å². The number of hydrogen-bond acceptors (Lipinski definition) is 5. The van der Waals surface area contributed by atoms with E-state index in [2.05, 4.69) is 32.1 Å². The third-order valence-corrected chi connectivity index (χ3v) is 6.82. The number of likely N-dealkylation sites (N-methyl/N-ethyl adjacent to an activating group) is 1. The van der Waals surface area contributed by atoms with Crippen LogP contribution < -0.4 is 11.5 Å². The highest BCUT2D eigenvalue weighted by molar-refractivity contribution is 6.05. The van der Waals surface area contributed by atoms with E-state index in [9.17, 15) is 14.0 Å². The summed E-state index contributed by atoms with van der Waals surface area (Å²) in [4.78, 5) is 34.0. The minimum Gasteiger partial charge on any atom is -0.366 e. The minimum atomic E-state index is -0.664. The number of nitrogens with zero attached hydrogens (tertiary/aromatic N) is 5. The molecule has 2 amide bonds. The zero-order valence-corrected chi connectivity index (χ0v) is 19.9. The average molecular weight is 502 g/mol. The first-order valence-corrected chi connectivity index (χ1v) is 11.7. The zero-order valence-electron chi connectivity index (χ0n) is 19.9. The number of carbonyl (C=O) groups is 2. The lowest BCUT2D eigenvalue weighted by Crippen LogP contribution is -2.13. The van der Waals surface area contributed by atoms with Crippen molar-refractivity contribution in [3.8, 4) is 0 Å². The Kier molecular flexibility index (Phi) is 5.19. The second kappa shape index (κ2) is 8.45. The number of benzene rings is 2. The van der Waals surface area contributed by atoms with Gasteiger partial charge in [0.1, 0.15) is 16.9 Å². The monoisotopic (exact) mass is 501 g/mol. The van der Waals surface area contributed by atoms with E-state index in [0.717, 1.165) is 53.5 Å². The molecule has 4 aromatic heterocycles. The van der Waals surface area contributed by atoms with Gasteiger partial charge in [-0.25, -0.2) is 23.4 Å². The molecule has 1 fully saturated rings. The second-order valence-electron chi connectivity index (χ2n) is 9.24. The van der Waals surface area contributed by atoms with Crippen molar-refractivity contribution < 1.29 is 14.0 Å². The molecule has 0 radical (unpaired) electrons. The van der Waals surface area contributed by atoms with Crippen LogP contribution in [-0.4, -0.2) is 66.0 Å². The molecule has 2 aromatic carbocycles. The van der Waals surface area contributed by atoms with Crippen LogP contribution in [0.25, 0.3) is 33.4 Å². The summed E-state index contributed by atoms with van der Waals surface area (Å²) in [6.07, 6.45) is 4.74. The van der Waals surface area contributed by atoms with Crippen LogP contribution in [0.4, 0.5) is 4.39 Å². The van der Waals surface area contributed by atoms with Gasteiger partial charge in [0.25, 0.3) is 11.8 Å². The van der Waals surface area contributed by atoms with Gasteiger partial charge in [-0.1, -0.05) is 6.07 Å². The van der Waals surface area contributed by atoms with E-state index in [1.165, 1.54) is 6.07 Å². The van der Waals surface area contributed by atoms with Gasteiger partial charge in [0.2, 0.25) is 0 Å². The van der Waals surface area contributed by atoms with Gasteiger partial charge in [-0.05, 0) is 38.2 Å². The SMILES string of the molecule is CN1CCC(c2c[nH]n3c2nc2cc(F)cc(C(N)=O)c23)C1.NC(=O)c1cccc2nc3cc[nH]n3c12. The lowest BCUT2D eigenvalue weighted by Gasteiger charge is -2.07. The summed E-state index contributed by atoms with van der Waals surface area (Å²) >= 11 is 0. The molecule has 188 valence electrons. The number of nitrogens with one attached hydrogen (secondary N) is 2. The third kappa shape index (κ3) is 3.69. The third-order valence-electron chi connectivity index (χ3n) is 6.82. The molecule has 6 N–H and O–H groups in total. The molecule has 1 aliphatic rings. The highest BCUT2D eigenvalue weighted by Gasteiger charge is 2.26. The van der Waals surface area contributed by atoms with Crippen LogP contribution >= 0.6 is 0 Å². The Bertz CT molecular complexity index is 1830. The van der Waals surface area contributed by atoms with Crippen molar-refractivity contribution in [1.29, 1.82) is 0 Å². The van der Waals surface area contributed by atoms with Crippen LogP contribution in [-0.2, 0) is 0 Å². The van der Waals surface area contributed by atoms with E-state index in [0.29, 0.717) is 22.5 Å². The second-order valence-corrected chi connectivity index (χ2v) is 9.24. The zero-order chi connectivity index (χ0) is 25.8. The number of primary amides is 2. The number of imidazole rings is 2. The average Bonchev–Trinajstić information content (AvgIpc) is 3.65. The van der Waals surface area contributed by atoms with Gasteiger partial charge < -0.3 is 16.4 Å². The molecule has 5 heterocycles. The standard InChI is InChI=1S/C15H16FN5O.C10H8N4O/c1-20-3-2-8(7-20)11-6-18-21-13-10(14(17)22)4-9(16)5-12(13)19-15(11)21;11-10(15)6-2-1-3-7-9(6)14-8(13-7)4-5-12-14/h4-6,8,18H,2-3,7H2,1H3,(H2,17,22);1-5,12H,(H2,11,15). The number of aromatic amines is 2. The Balaban J connectivity index is 0.000000146. The number of para-hydroxylation sites is 1. The number of carbonyl (C=O) groups excluding carboxylic acids is 2. The van der Waals surface area contributed by atoms with Crippen molar-refractivity contribution in [2.24, 2.45) is 11.5 Å². The molecular formula is C25H24FN9O2. The van der Waals surface area contributed by atoms with E-state index in [1.54, 1.807) is 27.4 Å². The van der Waals surface area contributed by atoms with E-state index in [4.69, 9.17) is 11.5 Å². The molecule has 1 saturated heterocycles. The molecule has 11 nitrogen and oxygen atoms in total. The number of halogens is 1. The normalized spacial score (nSPS) is 16.1. The Morgan fingerprint density at radius 3 is 2.51 bits per heavy atom. The number of H-pyrrole nitrogens is 2. The van der Waals surface area contributed by atoms with Gasteiger partial charge in [0, 0.05) is 42.6 Å². The van der Waals surface area contributed by atoms with Crippen LogP contribution in [0.1, 0.15) is 38.6 Å². The molecular weight excluding hydrogens is 477 g/mol. The predicted molar refractivity (Wildman–Crippen MR) is 136 cm³/mol. The molecule has 0 spiro atoms. The summed E-state index contributed by atoms with van der Waals surface area (Å²) in [5.41, 5.74) is 16.4. The fraction of sp³-hybridized carbons (Fsp3) is 0.200. The first-order chi connectivity index (χ1) is 17.8.